The van der Waals surface area contributed by atoms with E-state index in [1.165, 1.54) is 12.4 Å². The predicted molar refractivity (Wildman–Crippen MR) is 102 cm³/mol. The predicted octanol–water partition coefficient (Wildman–Crippen LogP) is 3.29. The van der Waals surface area contributed by atoms with E-state index in [9.17, 15) is 5.26 Å². The number of benzene rings is 1. The van der Waals surface area contributed by atoms with Crippen LogP contribution in [0.2, 0.25) is 0 Å². The lowest BCUT2D eigenvalue weighted by atomic mass is 10.1. The van der Waals surface area contributed by atoms with Gasteiger partial charge in [-0.15, -0.1) is 10.2 Å². The molecule has 0 unspecified atom stereocenters. The summed E-state index contributed by atoms with van der Waals surface area (Å²) in [5.41, 5.74) is 8.18. The van der Waals surface area contributed by atoms with E-state index in [2.05, 4.69) is 37.9 Å². The van der Waals surface area contributed by atoms with Gasteiger partial charge >= 0.3 is 0 Å². The average molecular weight is 357 g/mol. The summed E-state index contributed by atoms with van der Waals surface area (Å²) in [5.74, 6) is 0.601. The molecule has 0 atom stereocenters. The van der Waals surface area contributed by atoms with E-state index < -0.39 is 0 Å². The summed E-state index contributed by atoms with van der Waals surface area (Å²) in [6, 6.07) is 11.4. The van der Waals surface area contributed by atoms with E-state index >= 15 is 0 Å². The van der Waals surface area contributed by atoms with Crippen LogP contribution in [0.5, 0.6) is 0 Å². The van der Waals surface area contributed by atoms with Crippen LogP contribution in [-0.4, -0.2) is 26.9 Å². The molecular formula is C19H15N7O. The minimum absolute atomic E-state index is 0.130. The summed E-state index contributed by atoms with van der Waals surface area (Å²) < 4.78 is 5.70. The minimum atomic E-state index is 0.130. The van der Waals surface area contributed by atoms with Gasteiger partial charge in [0.25, 0.3) is 5.89 Å². The van der Waals surface area contributed by atoms with Crippen molar-refractivity contribution in [1.82, 2.24) is 20.2 Å². The first-order chi connectivity index (χ1) is 13.2. The third-order valence-electron chi connectivity index (χ3n) is 3.64. The fourth-order valence-corrected chi connectivity index (χ4v) is 2.35. The molecule has 8 heteroatoms. The number of hydrogen-bond donors (Lipinski definition) is 1. The molecule has 0 aliphatic carbocycles. The number of aromatic nitrogens is 4. The molecule has 0 aliphatic rings. The molecule has 2 aromatic heterocycles. The van der Waals surface area contributed by atoms with E-state index in [0.29, 0.717) is 22.7 Å². The highest BCUT2D eigenvalue weighted by Crippen LogP contribution is 2.28. The van der Waals surface area contributed by atoms with Gasteiger partial charge in [0.1, 0.15) is 0 Å². The molecule has 0 amide bonds. The maximum absolute atomic E-state index is 9.32. The lowest BCUT2D eigenvalue weighted by Crippen LogP contribution is -2.02. The summed E-state index contributed by atoms with van der Waals surface area (Å²) in [6.45, 7) is 5.18. The van der Waals surface area contributed by atoms with Crippen molar-refractivity contribution < 1.29 is 4.42 Å². The third kappa shape index (κ3) is 3.62. The number of nitrogens with zero attached hydrogens (tertiary/aromatic N) is 6. The van der Waals surface area contributed by atoms with Crippen LogP contribution in [0.15, 0.2) is 63.8 Å². The summed E-state index contributed by atoms with van der Waals surface area (Å²) in [5, 5.41) is 17.4. The number of rotatable bonds is 5. The summed E-state index contributed by atoms with van der Waals surface area (Å²) in [7, 11) is 0. The molecule has 3 rings (SSSR count). The van der Waals surface area contributed by atoms with Crippen LogP contribution in [0.25, 0.3) is 28.6 Å². The van der Waals surface area contributed by atoms with Gasteiger partial charge in [0.2, 0.25) is 5.89 Å². The smallest absolute Gasteiger partial charge is 0.270 e. The van der Waals surface area contributed by atoms with Crippen molar-refractivity contribution in [3.05, 3.63) is 60.1 Å². The zero-order valence-corrected chi connectivity index (χ0v) is 14.5. The highest BCUT2D eigenvalue weighted by atomic mass is 16.4. The van der Waals surface area contributed by atoms with Crippen molar-refractivity contribution in [2.75, 3.05) is 5.73 Å². The minimum Gasteiger partial charge on any atom is -0.414 e. The molecule has 0 spiro atoms. The topological polar surface area (TPSA) is 127 Å². The van der Waals surface area contributed by atoms with Gasteiger partial charge in [-0.25, -0.2) is 9.97 Å². The zero-order chi connectivity index (χ0) is 19.2. The Morgan fingerprint density at radius 3 is 2.67 bits per heavy atom. The second-order valence-corrected chi connectivity index (χ2v) is 5.31. The largest absolute Gasteiger partial charge is 0.414 e. The molecule has 1 aromatic carbocycles. The Kier molecular flexibility index (Phi) is 5.14. The molecule has 0 radical (unpaired) electrons. The van der Waals surface area contributed by atoms with Crippen LogP contribution in [0, 0.1) is 11.3 Å². The molecule has 0 saturated heterocycles. The Labute approximate surface area is 155 Å². The molecule has 0 aliphatic heterocycles. The molecule has 2 N–H and O–H groups in total. The maximum Gasteiger partial charge on any atom is 0.270 e. The van der Waals surface area contributed by atoms with Gasteiger partial charge in [-0.1, -0.05) is 24.3 Å². The number of nitrogens with two attached hydrogens (primary N) is 1. The van der Waals surface area contributed by atoms with Crippen molar-refractivity contribution in [3.63, 3.8) is 0 Å². The number of aliphatic imine (C=N–C) groups is 1. The van der Waals surface area contributed by atoms with Gasteiger partial charge in [-0.05, 0) is 25.8 Å². The van der Waals surface area contributed by atoms with E-state index in [-0.39, 0.29) is 17.4 Å². The second-order valence-electron chi connectivity index (χ2n) is 5.31. The first-order valence-corrected chi connectivity index (χ1v) is 7.93. The molecule has 2 heterocycles. The lowest BCUT2D eigenvalue weighted by molar-refractivity contribution is 0.582. The number of anilines is 1. The molecule has 0 fully saturated rings. The summed E-state index contributed by atoms with van der Waals surface area (Å²) >= 11 is 0. The average Bonchev–Trinajstić information content (AvgIpc) is 3.19. The second kappa shape index (κ2) is 7.84. The summed E-state index contributed by atoms with van der Waals surface area (Å²) in [6.07, 6.45) is 4.53. The van der Waals surface area contributed by atoms with Crippen LogP contribution in [0.3, 0.4) is 0 Å². The molecule has 8 nitrogen and oxygen atoms in total. The number of nitrogen functional groups attached to an aromatic ring is 1. The highest BCUT2D eigenvalue weighted by Gasteiger charge is 2.18. The Bertz CT molecular complexity index is 1070. The molecular weight excluding hydrogens is 342 g/mol. The van der Waals surface area contributed by atoms with Crippen molar-refractivity contribution in [1.29, 1.82) is 5.26 Å². The van der Waals surface area contributed by atoms with Crippen molar-refractivity contribution in [2.24, 2.45) is 4.99 Å². The van der Waals surface area contributed by atoms with Gasteiger partial charge < -0.3 is 10.2 Å². The molecule has 132 valence electrons. The Morgan fingerprint density at radius 1 is 1.26 bits per heavy atom. The first kappa shape index (κ1) is 17.7. The quantitative estimate of drug-likeness (QED) is 0.421. The Morgan fingerprint density at radius 2 is 2.00 bits per heavy atom. The van der Waals surface area contributed by atoms with Gasteiger partial charge in [0.15, 0.2) is 11.5 Å². The van der Waals surface area contributed by atoms with E-state index in [1.807, 2.05) is 30.3 Å². The van der Waals surface area contributed by atoms with Crippen LogP contribution in [-0.2, 0) is 0 Å². The monoisotopic (exact) mass is 357 g/mol. The fourth-order valence-electron chi connectivity index (χ4n) is 2.35. The standard InChI is InChI=1S/C19H15N7O/c1-3-12(9-20)14(10-22-2)15-11-23-17(21)16(24-15)19-26-25-18(27-19)13-7-5-4-6-8-13/h3-8,10-11H,2H2,1H3,(H2,21,23)/b12-3-,14-10+. The molecule has 0 saturated carbocycles. The number of allylic oxidation sites excluding steroid dienone is 3. The van der Waals surface area contributed by atoms with Gasteiger partial charge in [-0.2, -0.15) is 5.26 Å². The Hall–Kier alpha value is -4.12. The van der Waals surface area contributed by atoms with E-state index in [0.717, 1.165) is 5.56 Å². The third-order valence-corrected chi connectivity index (χ3v) is 3.64. The van der Waals surface area contributed by atoms with Crippen LogP contribution >= 0.6 is 0 Å². The Balaban J connectivity index is 2.07. The van der Waals surface area contributed by atoms with Crippen molar-refractivity contribution in [2.45, 2.75) is 6.92 Å². The van der Waals surface area contributed by atoms with Crippen LogP contribution < -0.4 is 5.73 Å². The van der Waals surface area contributed by atoms with E-state index in [4.69, 9.17) is 10.2 Å². The zero-order valence-electron chi connectivity index (χ0n) is 14.5. The molecule has 3 aromatic rings. The van der Waals surface area contributed by atoms with Crippen LogP contribution in [0.4, 0.5) is 5.82 Å². The summed E-state index contributed by atoms with van der Waals surface area (Å²) in [4.78, 5) is 12.3. The first-order valence-electron chi connectivity index (χ1n) is 7.93. The van der Waals surface area contributed by atoms with Crippen molar-refractivity contribution in [3.8, 4) is 29.1 Å². The normalized spacial score (nSPS) is 11.9. The number of hydrogen-bond acceptors (Lipinski definition) is 8. The lowest BCUT2D eigenvalue weighted by Gasteiger charge is -2.06. The van der Waals surface area contributed by atoms with Crippen LogP contribution in [0.1, 0.15) is 12.6 Å². The van der Waals surface area contributed by atoms with Crippen molar-refractivity contribution >= 4 is 18.1 Å². The molecule has 0 bridgehead atoms. The fraction of sp³-hybridized carbons (Fsp3) is 0.0526. The van der Waals surface area contributed by atoms with Gasteiger partial charge in [0.05, 0.1) is 23.5 Å². The number of nitriles is 1. The highest BCUT2D eigenvalue weighted by molar-refractivity contribution is 5.82. The van der Waals surface area contributed by atoms with Gasteiger partial charge in [0, 0.05) is 17.3 Å². The van der Waals surface area contributed by atoms with E-state index in [1.54, 1.807) is 13.0 Å². The SMILES string of the molecule is C=N/C=C(\C(C#N)=C/C)c1cnc(N)c(-c2nnc(-c3ccccc3)o2)n1. The maximum atomic E-state index is 9.32. The molecule has 27 heavy (non-hydrogen) atoms. The van der Waals surface area contributed by atoms with Gasteiger partial charge in [-0.3, -0.25) is 4.99 Å².